The lowest BCUT2D eigenvalue weighted by Crippen LogP contribution is -2.25. The summed E-state index contributed by atoms with van der Waals surface area (Å²) in [6, 6.07) is 9.18. The van der Waals surface area contributed by atoms with Crippen LogP contribution >= 0.6 is 0 Å². The van der Waals surface area contributed by atoms with Gasteiger partial charge in [0.05, 0.1) is 5.56 Å². The third-order valence-corrected chi connectivity index (χ3v) is 5.59. The van der Waals surface area contributed by atoms with Crippen LogP contribution in [0.2, 0.25) is 0 Å². The fraction of sp³-hybridized carbons (Fsp3) is 0.333. The van der Waals surface area contributed by atoms with Gasteiger partial charge in [-0.1, -0.05) is 56.9 Å². The van der Waals surface area contributed by atoms with Gasteiger partial charge in [0.1, 0.15) is 22.9 Å². The number of rotatable bonds is 11. The molecule has 0 unspecified atom stereocenters. The molecule has 0 aliphatic rings. The molecule has 3 nitrogen and oxygen atoms in total. The average molecular weight is 529 g/mol. The Balaban J connectivity index is 1.83. The second-order valence-corrected chi connectivity index (χ2v) is 8.42. The highest BCUT2D eigenvalue weighted by molar-refractivity contribution is 5.72. The quantitative estimate of drug-likeness (QED) is 0.183. The Morgan fingerprint density at radius 1 is 0.757 bits per heavy atom. The molecular formula is C27H24F7O3. The minimum absolute atomic E-state index is 0.0112. The topological polar surface area (TPSA) is 38.4 Å². The van der Waals surface area contributed by atoms with Crippen molar-refractivity contribution in [3.8, 4) is 28.4 Å². The molecule has 0 saturated carbocycles. The van der Waals surface area contributed by atoms with E-state index in [9.17, 15) is 31.4 Å². The van der Waals surface area contributed by atoms with Gasteiger partial charge in [-0.05, 0) is 48.2 Å². The first-order chi connectivity index (χ1) is 17.4. The zero-order valence-corrected chi connectivity index (χ0v) is 19.8. The normalized spacial score (nSPS) is 12.0. The number of hydrogen-bond acceptors (Lipinski definition) is 2. The lowest BCUT2D eigenvalue weighted by molar-refractivity contribution is -0.274. The third-order valence-electron chi connectivity index (χ3n) is 5.59. The molecule has 0 bridgehead atoms. The van der Waals surface area contributed by atoms with E-state index in [0.717, 1.165) is 44.1 Å². The Hall–Kier alpha value is -3.43. The van der Waals surface area contributed by atoms with Gasteiger partial charge in [-0.25, -0.2) is 8.78 Å². The van der Waals surface area contributed by atoms with Crippen molar-refractivity contribution in [2.45, 2.75) is 57.9 Å². The van der Waals surface area contributed by atoms with Crippen molar-refractivity contribution < 1.29 is 45.3 Å². The number of halogens is 7. The Bertz CT molecular complexity index is 1170. The Morgan fingerprint density at radius 2 is 1.32 bits per heavy atom. The van der Waals surface area contributed by atoms with Crippen molar-refractivity contribution in [3.05, 3.63) is 77.4 Å². The molecule has 199 valence electrons. The van der Waals surface area contributed by atoms with E-state index in [0.29, 0.717) is 24.3 Å². The first kappa shape index (κ1) is 28.1. The molecule has 10 heteroatoms. The first-order valence-electron chi connectivity index (χ1n) is 11.6. The minimum Gasteiger partial charge on any atom is -0.429 e. The van der Waals surface area contributed by atoms with E-state index in [2.05, 4.69) is 16.4 Å². The van der Waals surface area contributed by atoms with Gasteiger partial charge >= 0.3 is 12.5 Å². The van der Waals surface area contributed by atoms with Crippen molar-refractivity contribution in [2.75, 3.05) is 0 Å². The van der Waals surface area contributed by atoms with Gasteiger partial charge in [0.15, 0.2) is 11.6 Å². The summed E-state index contributed by atoms with van der Waals surface area (Å²) in [6.45, 7) is 2.11. The van der Waals surface area contributed by atoms with E-state index in [1.807, 2.05) is 0 Å². The lowest BCUT2D eigenvalue weighted by Gasteiger charge is -2.21. The van der Waals surface area contributed by atoms with Gasteiger partial charge in [-0.15, -0.1) is 13.2 Å². The summed E-state index contributed by atoms with van der Waals surface area (Å²) < 4.78 is 104. The standard InChI is InChI=1S/C27H24F7O3/c1-2-3-4-5-6-7-17-8-10-18(11-9-17)23-22(35)16-21(28)24(25(23)29)26(30,31)36-19-12-14-20(15-13-19)37-27(32,33)34/h8-16H,2-7H2,1H3. The van der Waals surface area contributed by atoms with Crippen molar-refractivity contribution in [1.29, 1.82) is 0 Å². The van der Waals surface area contributed by atoms with Crippen LogP contribution < -0.4 is 9.47 Å². The van der Waals surface area contributed by atoms with E-state index < -0.39 is 52.5 Å². The Labute approximate surface area is 209 Å². The van der Waals surface area contributed by atoms with E-state index >= 15 is 4.39 Å². The molecule has 0 fully saturated rings. The van der Waals surface area contributed by atoms with Crippen molar-refractivity contribution >= 4 is 0 Å². The highest BCUT2D eigenvalue weighted by atomic mass is 19.4. The van der Waals surface area contributed by atoms with Crippen molar-refractivity contribution in [2.24, 2.45) is 0 Å². The highest BCUT2D eigenvalue weighted by Gasteiger charge is 2.43. The molecule has 37 heavy (non-hydrogen) atoms. The van der Waals surface area contributed by atoms with Crippen molar-refractivity contribution in [1.82, 2.24) is 0 Å². The van der Waals surface area contributed by atoms with E-state index in [1.54, 1.807) is 12.1 Å². The molecule has 0 spiro atoms. The second kappa shape index (κ2) is 11.7. The van der Waals surface area contributed by atoms with Gasteiger partial charge in [0.25, 0.3) is 0 Å². The Morgan fingerprint density at radius 3 is 1.89 bits per heavy atom. The number of aryl methyl sites for hydroxylation is 1. The SMILES string of the molecule is CCCCCCCc1ccc(-c2c([O])cc(F)c(C(F)(F)Oc3ccc(OC(F)(F)F)cc3)c2F)cc1. The Kier molecular flexibility index (Phi) is 8.94. The maximum Gasteiger partial charge on any atom is 0.573 e. The van der Waals surface area contributed by atoms with Gasteiger partial charge in [-0.3, -0.25) is 5.11 Å². The summed E-state index contributed by atoms with van der Waals surface area (Å²) in [5, 5.41) is 12.3. The molecule has 0 saturated heterocycles. The maximum absolute atomic E-state index is 15.2. The monoisotopic (exact) mass is 529 g/mol. The van der Waals surface area contributed by atoms with E-state index in [4.69, 9.17) is 0 Å². The zero-order chi connectivity index (χ0) is 27.2. The number of alkyl halides is 5. The largest absolute Gasteiger partial charge is 0.573 e. The average Bonchev–Trinajstić information content (AvgIpc) is 2.79. The summed E-state index contributed by atoms with van der Waals surface area (Å²) >= 11 is 0. The number of benzene rings is 3. The second-order valence-electron chi connectivity index (χ2n) is 8.42. The maximum atomic E-state index is 15.2. The summed E-state index contributed by atoms with van der Waals surface area (Å²) in [6.07, 6.45) is -3.49. The van der Waals surface area contributed by atoms with Crippen LogP contribution in [0.15, 0.2) is 54.6 Å². The van der Waals surface area contributed by atoms with Crippen LogP contribution in [-0.4, -0.2) is 6.36 Å². The summed E-state index contributed by atoms with van der Waals surface area (Å²) in [5.41, 5.74) is -1.63. The molecule has 0 amide bonds. The molecule has 3 aromatic rings. The summed E-state index contributed by atoms with van der Waals surface area (Å²) in [4.78, 5) is 0. The predicted molar refractivity (Wildman–Crippen MR) is 122 cm³/mol. The molecule has 0 aliphatic heterocycles. The van der Waals surface area contributed by atoms with Gasteiger partial charge in [-0.2, -0.15) is 8.78 Å². The fourth-order valence-corrected chi connectivity index (χ4v) is 3.81. The van der Waals surface area contributed by atoms with Gasteiger partial charge in [0.2, 0.25) is 0 Å². The van der Waals surface area contributed by atoms with Gasteiger partial charge < -0.3 is 9.47 Å². The number of ether oxygens (including phenoxy) is 2. The van der Waals surface area contributed by atoms with Crippen LogP contribution in [-0.2, 0) is 17.6 Å². The van der Waals surface area contributed by atoms with E-state index in [-0.39, 0.29) is 11.6 Å². The first-order valence-corrected chi connectivity index (χ1v) is 11.6. The van der Waals surface area contributed by atoms with E-state index in [1.165, 1.54) is 12.1 Å². The van der Waals surface area contributed by atoms with Crippen LogP contribution in [0.3, 0.4) is 0 Å². The molecule has 0 atom stereocenters. The molecule has 0 heterocycles. The van der Waals surface area contributed by atoms with Crippen LogP contribution in [0, 0.1) is 11.6 Å². The zero-order valence-electron chi connectivity index (χ0n) is 19.8. The molecule has 0 aromatic heterocycles. The highest BCUT2D eigenvalue weighted by Crippen LogP contribution is 2.42. The van der Waals surface area contributed by atoms with Crippen LogP contribution in [0.25, 0.3) is 11.1 Å². The third kappa shape index (κ3) is 7.53. The van der Waals surface area contributed by atoms with Crippen molar-refractivity contribution in [3.63, 3.8) is 0 Å². The molecule has 0 aliphatic carbocycles. The van der Waals surface area contributed by atoms with Crippen LogP contribution in [0.4, 0.5) is 30.7 Å². The minimum atomic E-state index is -5.00. The summed E-state index contributed by atoms with van der Waals surface area (Å²) in [5.74, 6) is -6.14. The summed E-state index contributed by atoms with van der Waals surface area (Å²) in [7, 11) is 0. The molecule has 3 aromatic carbocycles. The number of hydrogen-bond donors (Lipinski definition) is 0. The van der Waals surface area contributed by atoms with Crippen LogP contribution in [0.1, 0.15) is 50.2 Å². The molecule has 3 rings (SSSR count). The molecular weight excluding hydrogens is 505 g/mol. The lowest BCUT2D eigenvalue weighted by atomic mass is 9.97. The number of unbranched alkanes of at least 4 members (excludes halogenated alkanes) is 4. The predicted octanol–water partition coefficient (Wildman–Crippen LogP) is 9.32. The molecule has 1 radical (unpaired) electrons. The fourth-order valence-electron chi connectivity index (χ4n) is 3.81. The van der Waals surface area contributed by atoms with Crippen LogP contribution in [0.5, 0.6) is 17.2 Å². The smallest absolute Gasteiger partial charge is 0.429 e. The molecule has 0 N–H and O–H groups in total. The van der Waals surface area contributed by atoms with Gasteiger partial charge in [0, 0.05) is 6.07 Å².